The van der Waals surface area contributed by atoms with Crippen molar-refractivity contribution >= 4 is 24.7 Å². The molecule has 0 aliphatic carbocycles. The Morgan fingerprint density at radius 1 is 1.00 bits per heavy atom. The van der Waals surface area contributed by atoms with Crippen molar-refractivity contribution in [2.45, 2.75) is 0 Å². The van der Waals surface area contributed by atoms with E-state index in [9.17, 15) is 0 Å². The van der Waals surface area contributed by atoms with E-state index in [1.807, 2.05) is 30.3 Å². The van der Waals surface area contributed by atoms with Gasteiger partial charge in [0.05, 0.1) is 0 Å². The van der Waals surface area contributed by atoms with Gasteiger partial charge in [-0.1, -0.05) is 0 Å². The molecule has 0 radical (unpaired) electrons. The number of benzene rings is 1. The summed E-state index contributed by atoms with van der Waals surface area (Å²) in [6.45, 7) is 0. The summed E-state index contributed by atoms with van der Waals surface area (Å²) in [5.41, 5.74) is 0. The molecule has 0 aromatic heterocycles. The number of rotatable bonds is 0. The van der Waals surface area contributed by atoms with Crippen molar-refractivity contribution in [2.75, 3.05) is 0 Å². The molecule has 0 bridgehead atoms. The van der Waals surface area contributed by atoms with E-state index in [1.165, 1.54) is 0 Å². The van der Waals surface area contributed by atoms with E-state index in [1.54, 1.807) is 0 Å². The Bertz CT molecular complexity index is 213. The summed E-state index contributed by atoms with van der Waals surface area (Å²) >= 11 is 0. The van der Waals surface area contributed by atoms with Crippen LogP contribution >= 0.6 is 0 Å². The summed E-state index contributed by atoms with van der Waals surface area (Å²) in [5.74, 6) is 0. The summed E-state index contributed by atoms with van der Waals surface area (Å²) in [7, 11) is 1.94. The van der Waals surface area contributed by atoms with Crippen LogP contribution in [0.4, 0.5) is 0 Å². The molecule has 4 nitrogen and oxygen atoms in total. The van der Waals surface area contributed by atoms with Crippen LogP contribution in [0.3, 0.4) is 0 Å². The molecule has 0 saturated heterocycles. The summed E-state index contributed by atoms with van der Waals surface area (Å²) in [4.78, 5) is 0. The zero-order valence-electron chi connectivity index (χ0n) is 6.52. The van der Waals surface area contributed by atoms with Gasteiger partial charge in [-0.05, 0) is 0 Å². The van der Waals surface area contributed by atoms with Gasteiger partial charge < -0.3 is 11.0 Å². The number of hydrogen-bond donors (Lipinski definition) is 0. The minimum Gasteiger partial charge on any atom is 4.00 e. The maximum atomic E-state index is 8.40. The summed E-state index contributed by atoms with van der Waals surface area (Å²) < 4.78 is 16.8. The first-order valence-corrected chi connectivity index (χ1v) is 3.89. The Labute approximate surface area is 96.6 Å². The zero-order chi connectivity index (χ0) is 7.82. The zero-order valence-corrected chi connectivity index (χ0v) is 10.1. The van der Waals surface area contributed by atoms with Gasteiger partial charge in [-0.25, -0.2) is 0 Å². The van der Waals surface area contributed by atoms with Crippen molar-refractivity contribution < 1.29 is 41.6 Å². The van der Waals surface area contributed by atoms with Crippen LogP contribution in [0.5, 0.6) is 0 Å². The Kier molecular flexibility index (Phi) is 31.6. The van der Waals surface area contributed by atoms with Gasteiger partial charge >= 0.3 is 76.8 Å². The van der Waals surface area contributed by atoms with E-state index < -0.39 is 9.29 Å². The minimum absolute atomic E-state index is 0. The van der Waals surface area contributed by atoms with E-state index in [-0.39, 0.29) is 32.7 Å². The molecule has 0 heterocycles. The molecule has 0 fully saturated rings. The molecule has 1 rings (SSSR count). The van der Waals surface area contributed by atoms with E-state index in [2.05, 4.69) is 10.2 Å². The molecule has 1 aromatic carbocycles. The van der Waals surface area contributed by atoms with E-state index in [0.717, 1.165) is 5.19 Å². The van der Waals surface area contributed by atoms with Gasteiger partial charge in [0.1, 0.15) is 0 Å². The molecule has 0 aliphatic heterocycles. The molecular formula is C6H5O4Si2Ti+3. The minimum atomic E-state index is -1.42. The van der Waals surface area contributed by atoms with Crippen LogP contribution in [-0.4, -0.2) is 19.5 Å². The van der Waals surface area contributed by atoms with Crippen LogP contribution in [0, 0.1) is 0 Å². The van der Waals surface area contributed by atoms with Crippen molar-refractivity contribution in [3.63, 3.8) is 0 Å². The molecule has 62 valence electrons. The van der Waals surface area contributed by atoms with Crippen LogP contribution in [-0.2, 0) is 41.6 Å². The summed E-state index contributed by atoms with van der Waals surface area (Å²) in [6, 6.07) is 9.96. The SMILES string of the molecule is O=[Si]=O.[O-2].[O-2].[Si+3]c1ccccc1.[Ti+4]. The fourth-order valence-electron chi connectivity index (χ4n) is 0.438. The summed E-state index contributed by atoms with van der Waals surface area (Å²) in [5, 5.41) is 1.13. The quantitative estimate of drug-likeness (QED) is 0.583. The second-order valence-corrected chi connectivity index (χ2v) is 2.19. The molecule has 0 amide bonds. The molecule has 0 aliphatic rings. The molecule has 1 aromatic rings. The third kappa shape index (κ3) is 18.7. The first-order chi connectivity index (χ1) is 4.81. The second-order valence-electron chi connectivity index (χ2n) is 1.45. The van der Waals surface area contributed by atoms with E-state index in [0.29, 0.717) is 0 Å². The first kappa shape index (κ1) is 23.1. The van der Waals surface area contributed by atoms with Crippen molar-refractivity contribution in [3.8, 4) is 0 Å². The Balaban J connectivity index is -0.0000000615. The summed E-state index contributed by atoms with van der Waals surface area (Å²) in [6.07, 6.45) is 0. The predicted molar refractivity (Wildman–Crippen MR) is 40.3 cm³/mol. The van der Waals surface area contributed by atoms with Gasteiger partial charge in [-0.15, -0.1) is 0 Å². The Morgan fingerprint density at radius 3 is 1.46 bits per heavy atom. The Morgan fingerprint density at radius 2 is 1.31 bits per heavy atom. The average Bonchev–Trinajstić information content (AvgIpc) is 1.91. The molecular weight excluding hydrogens is 240 g/mol. The molecule has 0 N–H and O–H groups in total. The van der Waals surface area contributed by atoms with Crippen molar-refractivity contribution in [2.24, 2.45) is 0 Å². The van der Waals surface area contributed by atoms with Crippen LogP contribution in [0.1, 0.15) is 0 Å². The number of hydrogen-bond acceptors (Lipinski definition) is 2. The van der Waals surface area contributed by atoms with Gasteiger partial charge in [-0.2, -0.15) is 0 Å². The van der Waals surface area contributed by atoms with Crippen LogP contribution in [0.2, 0.25) is 0 Å². The molecule has 7 heteroatoms. The average molecular weight is 245 g/mol. The van der Waals surface area contributed by atoms with Crippen molar-refractivity contribution in [3.05, 3.63) is 30.3 Å². The molecule has 0 spiro atoms. The Hall–Kier alpha value is -0.112. The van der Waals surface area contributed by atoms with Crippen molar-refractivity contribution in [1.29, 1.82) is 0 Å². The molecule has 0 saturated carbocycles. The van der Waals surface area contributed by atoms with Crippen LogP contribution < -0.4 is 5.19 Å². The van der Waals surface area contributed by atoms with Gasteiger partial charge in [-0.3, -0.25) is 8.92 Å². The fraction of sp³-hybridized carbons (Fsp3) is 0. The third-order valence-electron chi connectivity index (χ3n) is 0.774. The predicted octanol–water partition coefficient (Wildman–Crippen LogP) is -0.378. The fourth-order valence-corrected chi connectivity index (χ4v) is 0.631. The van der Waals surface area contributed by atoms with Gasteiger partial charge in [0.25, 0.3) is 0 Å². The normalized spacial score (nSPS) is 5.38. The second kappa shape index (κ2) is 17.8. The maximum absolute atomic E-state index is 8.40. The monoisotopic (exact) mass is 245 g/mol. The van der Waals surface area contributed by atoms with E-state index >= 15 is 0 Å². The molecule has 13 heavy (non-hydrogen) atoms. The smallest absolute Gasteiger partial charge is 4.00 e. The maximum Gasteiger partial charge on any atom is 4.00 e. The van der Waals surface area contributed by atoms with Gasteiger partial charge in [0, 0.05) is 0 Å². The van der Waals surface area contributed by atoms with Crippen LogP contribution in [0.25, 0.3) is 0 Å². The molecule has 0 atom stereocenters. The van der Waals surface area contributed by atoms with E-state index in [4.69, 9.17) is 8.92 Å². The van der Waals surface area contributed by atoms with Crippen molar-refractivity contribution in [1.82, 2.24) is 0 Å². The topological polar surface area (TPSA) is 91.1 Å². The van der Waals surface area contributed by atoms with Gasteiger partial charge in [0.2, 0.25) is 0 Å². The third-order valence-corrected chi connectivity index (χ3v) is 1.11. The van der Waals surface area contributed by atoms with Gasteiger partial charge in [0.15, 0.2) is 0 Å². The largest absolute Gasteiger partial charge is 4.00 e. The molecule has 0 unspecified atom stereocenters. The standard InChI is InChI=1S/C6H5Si.O2Si.2O.Ti/c7-6-4-2-1-3-5-6;1-3-2;;;/h1-5H;;;;/q+3;;2*-2;+4. The van der Waals surface area contributed by atoms with Crippen LogP contribution in [0.15, 0.2) is 30.3 Å². The first-order valence-electron chi connectivity index (χ1n) is 2.57.